The minimum absolute atomic E-state index is 0.0159. The predicted molar refractivity (Wildman–Crippen MR) is 64.3 cm³/mol. The van der Waals surface area contributed by atoms with Gasteiger partial charge in [-0.15, -0.1) is 0 Å². The van der Waals surface area contributed by atoms with Gasteiger partial charge < -0.3 is 14.8 Å². The molecule has 0 unspecified atom stereocenters. The molecule has 0 aliphatic rings. The lowest BCUT2D eigenvalue weighted by molar-refractivity contribution is 0.138. The van der Waals surface area contributed by atoms with Gasteiger partial charge in [0, 0.05) is 37.4 Å². The van der Waals surface area contributed by atoms with Gasteiger partial charge in [-0.1, -0.05) is 11.6 Å². The molecule has 1 aromatic carbocycles. The van der Waals surface area contributed by atoms with E-state index < -0.39 is 0 Å². The molecule has 0 aliphatic heterocycles. The molecular formula is C13H17NO2. The van der Waals surface area contributed by atoms with Gasteiger partial charge in [0.25, 0.3) is 0 Å². The molecule has 16 heavy (non-hydrogen) atoms. The Labute approximate surface area is 94.9 Å². The first-order chi connectivity index (χ1) is 7.74. The number of hydrogen-bond acceptors (Lipinski definition) is 2. The van der Waals surface area contributed by atoms with Crippen LogP contribution in [0.1, 0.15) is 5.56 Å². The summed E-state index contributed by atoms with van der Waals surface area (Å²) >= 11 is 0. The van der Waals surface area contributed by atoms with E-state index in [-0.39, 0.29) is 19.1 Å². The number of nitrogens with zero attached hydrogens (tertiary/aromatic N) is 1. The highest BCUT2D eigenvalue weighted by atomic mass is 16.3. The average molecular weight is 219 g/mol. The first kappa shape index (κ1) is 11.2. The molecule has 0 radical (unpaired) electrons. The summed E-state index contributed by atoms with van der Waals surface area (Å²) in [6.07, 6.45) is 2.00. The topological polar surface area (TPSA) is 45.4 Å². The summed E-state index contributed by atoms with van der Waals surface area (Å²) in [4.78, 5) is 0. The molecule has 0 amide bonds. The fraction of sp³-hybridized carbons (Fsp3) is 0.385. The number of aromatic nitrogens is 1. The molecule has 0 saturated heterocycles. The fourth-order valence-corrected chi connectivity index (χ4v) is 1.93. The summed E-state index contributed by atoms with van der Waals surface area (Å²) < 4.78 is 2.08. The van der Waals surface area contributed by atoms with Gasteiger partial charge in [-0.3, -0.25) is 0 Å². The van der Waals surface area contributed by atoms with E-state index >= 15 is 0 Å². The number of aryl methyl sites for hydroxylation is 1. The SMILES string of the molecule is Cc1ccc2c(ccn2CC(CO)CO)c1. The van der Waals surface area contributed by atoms with Crippen LogP contribution in [0.15, 0.2) is 30.5 Å². The highest BCUT2D eigenvalue weighted by Crippen LogP contribution is 2.18. The summed E-state index contributed by atoms with van der Waals surface area (Å²) in [6.45, 7) is 2.75. The zero-order chi connectivity index (χ0) is 11.5. The lowest BCUT2D eigenvalue weighted by Gasteiger charge is -2.12. The van der Waals surface area contributed by atoms with Crippen molar-refractivity contribution in [2.75, 3.05) is 13.2 Å². The number of aliphatic hydroxyl groups is 2. The summed E-state index contributed by atoms with van der Waals surface area (Å²) in [7, 11) is 0. The third-order valence-corrected chi connectivity index (χ3v) is 2.90. The molecular weight excluding hydrogens is 202 g/mol. The summed E-state index contributed by atoms with van der Waals surface area (Å²) in [6, 6.07) is 8.36. The Morgan fingerprint density at radius 1 is 1.19 bits per heavy atom. The van der Waals surface area contributed by atoms with Crippen molar-refractivity contribution < 1.29 is 10.2 Å². The molecule has 1 heterocycles. The van der Waals surface area contributed by atoms with E-state index in [1.54, 1.807) is 0 Å². The molecule has 2 N–H and O–H groups in total. The van der Waals surface area contributed by atoms with Gasteiger partial charge in [-0.25, -0.2) is 0 Å². The minimum Gasteiger partial charge on any atom is -0.396 e. The molecule has 2 aromatic rings. The largest absolute Gasteiger partial charge is 0.396 e. The highest BCUT2D eigenvalue weighted by molar-refractivity contribution is 5.80. The Balaban J connectivity index is 2.31. The molecule has 0 saturated carbocycles. The highest BCUT2D eigenvalue weighted by Gasteiger charge is 2.08. The van der Waals surface area contributed by atoms with Crippen molar-refractivity contribution in [3.8, 4) is 0 Å². The molecule has 1 aromatic heterocycles. The summed E-state index contributed by atoms with van der Waals surface area (Å²) in [5, 5.41) is 19.3. The quantitative estimate of drug-likeness (QED) is 0.819. The van der Waals surface area contributed by atoms with Gasteiger partial charge >= 0.3 is 0 Å². The molecule has 3 nitrogen and oxygen atoms in total. The smallest absolute Gasteiger partial charge is 0.0498 e. The third-order valence-electron chi connectivity index (χ3n) is 2.90. The van der Waals surface area contributed by atoms with Crippen molar-refractivity contribution >= 4 is 10.9 Å². The standard InChI is InChI=1S/C13H17NO2/c1-10-2-3-13-12(6-10)4-5-14(13)7-11(8-15)9-16/h2-6,11,15-16H,7-9H2,1H3. The second kappa shape index (κ2) is 4.68. The van der Waals surface area contributed by atoms with E-state index in [1.807, 2.05) is 6.20 Å². The molecule has 0 fully saturated rings. The normalized spacial score (nSPS) is 11.5. The van der Waals surface area contributed by atoms with Gasteiger partial charge in [-0.2, -0.15) is 0 Å². The van der Waals surface area contributed by atoms with Gasteiger partial charge in [-0.05, 0) is 30.5 Å². The first-order valence-electron chi connectivity index (χ1n) is 5.52. The number of rotatable bonds is 4. The maximum atomic E-state index is 9.07. The van der Waals surface area contributed by atoms with E-state index in [2.05, 4.69) is 35.8 Å². The molecule has 0 bridgehead atoms. The van der Waals surface area contributed by atoms with E-state index in [9.17, 15) is 0 Å². The maximum Gasteiger partial charge on any atom is 0.0498 e. The van der Waals surface area contributed by atoms with Gasteiger partial charge in [0.05, 0.1) is 0 Å². The number of aliphatic hydroxyl groups excluding tert-OH is 2. The van der Waals surface area contributed by atoms with Crippen LogP contribution in [0.25, 0.3) is 10.9 Å². The van der Waals surface area contributed by atoms with Crippen LogP contribution in [-0.4, -0.2) is 28.0 Å². The lowest BCUT2D eigenvalue weighted by atomic mass is 10.1. The average Bonchev–Trinajstić information content (AvgIpc) is 2.68. The van der Waals surface area contributed by atoms with Crippen molar-refractivity contribution in [3.63, 3.8) is 0 Å². The molecule has 0 aliphatic carbocycles. The maximum absolute atomic E-state index is 9.07. The van der Waals surface area contributed by atoms with Crippen LogP contribution >= 0.6 is 0 Å². The van der Waals surface area contributed by atoms with Crippen LogP contribution < -0.4 is 0 Å². The second-order valence-corrected chi connectivity index (χ2v) is 4.26. The predicted octanol–water partition coefficient (Wildman–Crippen LogP) is 1.55. The summed E-state index contributed by atoms with van der Waals surface area (Å²) in [5.41, 5.74) is 2.39. The van der Waals surface area contributed by atoms with Crippen molar-refractivity contribution in [1.82, 2.24) is 4.57 Å². The second-order valence-electron chi connectivity index (χ2n) is 4.26. The van der Waals surface area contributed by atoms with Crippen LogP contribution in [0.5, 0.6) is 0 Å². The Kier molecular flexibility index (Phi) is 3.27. The molecule has 2 rings (SSSR count). The third kappa shape index (κ3) is 2.10. The van der Waals surface area contributed by atoms with Gasteiger partial charge in [0.1, 0.15) is 0 Å². The van der Waals surface area contributed by atoms with Crippen molar-refractivity contribution in [2.24, 2.45) is 5.92 Å². The lowest BCUT2D eigenvalue weighted by Crippen LogP contribution is -2.17. The fourth-order valence-electron chi connectivity index (χ4n) is 1.93. The zero-order valence-corrected chi connectivity index (χ0v) is 9.43. The van der Waals surface area contributed by atoms with E-state index in [4.69, 9.17) is 10.2 Å². The van der Waals surface area contributed by atoms with E-state index in [1.165, 1.54) is 10.9 Å². The number of fused-ring (bicyclic) bond motifs is 1. The summed E-state index contributed by atoms with van der Waals surface area (Å²) in [5.74, 6) is -0.0862. The van der Waals surface area contributed by atoms with Crippen LogP contribution in [-0.2, 0) is 6.54 Å². The van der Waals surface area contributed by atoms with Crippen LogP contribution in [0, 0.1) is 12.8 Å². The van der Waals surface area contributed by atoms with Crippen molar-refractivity contribution in [1.29, 1.82) is 0 Å². The Hall–Kier alpha value is -1.32. The zero-order valence-electron chi connectivity index (χ0n) is 9.43. The Bertz CT molecular complexity index is 472. The molecule has 0 atom stereocenters. The monoisotopic (exact) mass is 219 g/mol. The Morgan fingerprint density at radius 3 is 2.62 bits per heavy atom. The van der Waals surface area contributed by atoms with E-state index in [0.29, 0.717) is 6.54 Å². The van der Waals surface area contributed by atoms with Crippen LogP contribution in [0.3, 0.4) is 0 Å². The van der Waals surface area contributed by atoms with Crippen molar-refractivity contribution in [3.05, 3.63) is 36.0 Å². The number of benzene rings is 1. The van der Waals surface area contributed by atoms with E-state index in [0.717, 1.165) is 5.52 Å². The van der Waals surface area contributed by atoms with Crippen LogP contribution in [0.2, 0.25) is 0 Å². The van der Waals surface area contributed by atoms with Gasteiger partial charge in [0.15, 0.2) is 0 Å². The van der Waals surface area contributed by atoms with Gasteiger partial charge in [0.2, 0.25) is 0 Å². The molecule has 86 valence electrons. The molecule has 3 heteroatoms. The van der Waals surface area contributed by atoms with Crippen molar-refractivity contribution in [2.45, 2.75) is 13.5 Å². The minimum atomic E-state index is -0.0862. The number of hydrogen-bond donors (Lipinski definition) is 2. The Morgan fingerprint density at radius 2 is 1.94 bits per heavy atom. The van der Waals surface area contributed by atoms with Crippen LogP contribution in [0.4, 0.5) is 0 Å². The molecule has 0 spiro atoms. The first-order valence-corrected chi connectivity index (χ1v) is 5.52.